The molecule has 2 rings (SSSR count). The molecule has 1 nitrogen and oxygen atoms in total. The number of hydrogen-bond donors (Lipinski definition) is 1. The van der Waals surface area contributed by atoms with Gasteiger partial charge in [0.1, 0.15) is 0 Å². The van der Waals surface area contributed by atoms with E-state index >= 15 is 0 Å². The zero-order chi connectivity index (χ0) is 13.2. The van der Waals surface area contributed by atoms with E-state index in [4.69, 9.17) is 0 Å². The second kappa shape index (κ2) is 11.1. The normalized spacial score (nSPS) is 12.8. The molecular formula is C17H25NRu-6. The molecule has 0 amide bonds. The van der Waals surface area contributed by atoms with Crippen LogP contribution in [0, 0.1) is 0 Å². The van der Waals surface area contributed by atoms with Crippen molar-refractivity contribution in [3.05, 3.63) is 60.2 Å². The molecule has 2 unspecified atom stereocenters. The molecule has 2 aromatic rings. The minimum absolute atomic E-state index is 0. The van der Waals surface area contributed by atoms with E-state index in [9.17, 15) is 0 Å². The number of rotatable bonds is 5. The number of hydrogen-bond acceptors (Lipinski definition) is 1. The standard InChI is InChI=1S/C12H20N.C5H5.Ru/c1-4-7-10(2)13-11(3)12-8-5-6-9-12;1-2-4-5-3-1;/h5-6,8-11,13H,4,7H2,1-3H3;1-5H;/q-1;-5;. The summed E-state index contributed by atoms with van der Waals surface area (Å²) in [6.45, 7) is 6.70. The van der Waals surface area contributed by atoms with E-state index in [1.807, 2.05) is 30.3 Å². The molecule has 0 aliphatic rings. The second-order valence-electron chi connectivity index (χ2n) is 4.76. The van der Waals surface area contributed by atoms with Gasteiger partial charge in [0.2, 0.25) is 0 Å². The zero-order valence-electron chi connectivity index (χ0n) is 12.1. The van der Waals surface area contributed by atoms with E-state index in [2.05, 4.69) is 50.4 Å². The summed E-state index contributed by atoms with van der Waals surface area (Å²) in [6, 6.07) is 19.6. The molecule has 0 spiro atoms. The molecule has 2 heteroatoms. The third kappa shape index (κ3) is 8.13. The summed E-state index contributed by atoms with van der Waals surface area (Å²) in [6.07, 6.45) is 2.51. The first-order valence-electron chi connectivity index (χ1n) is 6.88. The minimum atomic E-state index is 0. The molecule has 0 bridgehead atoms. The Labute approximate surface area is 130 Å². The summed E-state index contributed by atoms with van der Waals surface area (Å²) in [5.74, 6) is 0. The molecular weight excluding hydrogens is 319 g/mol. The van der Waals surface area contributed by atoms with Gasteiger partial charge in [-0.1, -0.05) is 20.3 Å². The summed E-state index contributed by atoms with van der Waals surface area (Å²) in [7, 11) is 0. The SMILES string of the molecule is CCCC(C)NC(C)[c-]1cccc1.[Ru].[cH-]1[cH-][cH-][cH-][cH-]1. The maximum absolute atomic E-state index is 3.58. The third-order valence-corrected chi connectivity index (χ3v) is 3.00. The molecule has 0 heterocycles. The van der Waals surface area contributed by atoms with E-state index in [0.29, 0.717) is 12.1 Å². The van der Waals surface area contributed by atoms with Gasteiger partial charge in [-0.3, -0.25) is 0 Å². The van der Waals surface area contributed by atoms with E-state index in [-0.39, 0.29) is 19.5 Å². The van der Waals surface area contributed by atoms with Crippen LogP contribution in [-0.2, 0) is 19.5 Å². The Kier molecular flexibility index (Phi) is 10.7. The second-order valence-corrected chi connectivity index (χ2v) is 4.76. The summed E-state index contributed by atoms with van der Waals surface area (Å²) in [4.78, 5) is 0. The van der Waals surface area contributed by atoms with Crippen LogP contribution in [0.15, 0.2) is 54.6 Å². The fourth-order valence-electron chi connectivity index (χ4n) is 2.04. The van der Waals surface area contributed by atoms with Crippen LogP contribution in [0.2, 0.25) is 0 Å². The Balaban J connectivity index is 0.000000454. The largest absolute Gasteiger partial charge is 0.748 e. The van der Waals surface area contributed by atoms with E-state index in [0.717, 1.165) is 0 Å². The van der Waals surface area contributed by atoms with Crippen LogP contribution in [0.3, 0.4) is 0 Å². The summed E-state index contributed by atoms with van der Waals surface area (Å²) < 4.78 is 0. The molecule has 0 aliphatic carbocycles. The Morgan fingerprint density at radius 1 is 1.00 bits per heavy atom. The number of nitrogens with one attached hydrogen (secondary N) is 1. The Bertz CT molecular complexity index is 347. The molecule has 0 saturated carbocycles. The van der Waals surface area contributed by atoms with Crippen LogP contribution < -0.4 is 5.32 Å². The van der Waals surface area contributed by atoms with Gasteiger partial charge in [-0.05, 0) is 19.4 Å². The monoisotopic (exact) mass is 345 g/mol. The van der Waals surface area contributed by atoms with Crippen molar-refractivity contribution in [2.75, 3.05) is 0 Å². The minimum Gasteiger partial charge on any atom is -0.748 e. The Morgan fingerprint density at radius 3 is 1.89 bits per heavy atom. The maximum atomic E-state index is 3.58. The van der Waals surface area contributed by atoms with Crippen molar-refractivity contribution >= 4 is 0 Å². The summed E-state index contributed by atoms with van der Waals surface area (Å²) in [5, 5.41) is 3.58. The van der Waals surface area contributed by atoms with Gasteiger partial charge in [0.05, 0.1) is 0 Å². The fourth-order valence-corrected chi connectivity index (χ4v) is 2.04. The van der Waals surface area contributed by atoms with Crippen LogP contribution in [0.1, 0.15) is 45.2 Å². The molecule has 112 valence electrons. The predicted molar refractivity (Wildman–Crippen MR) is 80.0 cm³/mol. The van der Waals surface area contributed by atoms with Crippen molar-refractivity contribution in [1.82, 2.24) is 5.32 Å². The maximum Gasteiger partial charge on any atom is 0.00339 e. The molecule has 0 fully saturated rings. The predicted octanol–water partition coefficient (Wildman–Crippen LogP) is 4.65. The van der Waals surface area contributed by atoms with Crippen LogP contribution in [0.25, 0.3) is 0 Å². The molecule has 2 aromatic carbocycles. The Morgan fingerprint density at radius 2 is 1.47 bits per heavy atom. The van der Waals surface area contributed by atoms with Gasteiger partial charge in [-0.2, -0.15) is 12.1 Å². The van der Waals surface area contributed by atoms with Crippen molar-refractivity contribution in [3.8, 4) is 0 Å². The van der Waals surface area contributed by atoms with Crippen molar-refractivity contribution in [3.63, 3.8) is 0 Å². The molecule has 1 N–H and O–H groups in total. The molecule has 0 aliphatic heterocycles. The van der Waals surface area contributed by atoms with Crippen LogP contribution in [0.4, 0.5) is 0 Å². The van der Waals surface area contributed by atoms with Gasteiger partial charge in [-0.25, -0.2) is 12.1 Å². The molecule has 0 radical (unpaired) electrons. The van der Waals surface area contributed by atoms with Crippen molar-refractivity contribution < 1.29 is 19.5 Å². The summed E-state index contributed by atoms with van der Waals surface area (Å²) in [5.41, 5.74) is 1.39. The van der Waals surface area contributed by atoms with E-state index in [1.54, 1.807) is 0 Å². The Hall–Kier alpha value is -0.717. The van der Waals surface area contributed by atoms with Crippen molar-refractivity contribution in [2.45, 2.75) is 45.7 Å². The van der Waals surface area contributed by atoms with Crippen LogP contribution in [-0.4, -0.2) is 6.04 Å². The zero-order valence-corrected chi connectivity index (χ0v) is 13.9. The van der Waals surface area contributed by atoms with Crippen LogP contribution in [0.5, 0.6) is 0 Å². The first kappa shape index (κ1) is 18.3. The molecule has 2 atom stereocenters. The van der Waals surface area contributed by atoms with E-state index < -0.39 is 0 Å². The first-order valence-corrected chi connectivity index (χ1v) is 6.88. The fraction of sp³-hybridized carbons (Fsp3) is 0.412. The van der Waals surface area contributed by atoms with Crippen LogP contribution >= 0.6 is 0 Å². The van der Waals surface area contributed by atoms with Gasteiger partial charge in [-0.15, -0.1) is 5.56 Å². The average molecular weight is 344 g/mol. The van der Waals surface area contributed by atoms with Gasteiger partial charge in [0.15, 0.2) is 0 Å². The van der Waals surface area contributed by atoms with Gasteiger partial charge < -0.3 is 35.6 Å². The first-order chi connectivity index (χ1) is 8.74. The summed E-state index contributed by atoms with van der Waals surface area (Å²) >= 11 is 0. The van der Waals surface area contributed by atoms with Gasteiger partial charge in [0.25, 0.3) is 0 Å². The van der Waals surface area contributed by atoms with Gasteiger partial charge in [0, 0.05) is 25.5 Å². The smallest absolute Gasteiger partial charge is 0.00339 e. The molecule has 0 aromatic heterocycles. The molecule has 19 heavy (non-hydrogen) atoms. The van der Waals surface area contributed by atoms with Crippen molar-refractivity contribution in [1.29, 1.82) is 0 Å². The quantitative estimate of drug-likeness (QED) is 0.615. The van der Waals surface area contributed by atoms with E-state index in [1.165, 1.54) is 18.4 Å². The average Bonchev–Trinajstić information content (AvgIpc) is 3.06. The third-order valence-electron chi connectivity index (χ3n) is 3.00. The van der Waals surface area contributed by atoms with Crippen molar-refractivity contribution in [2.24, 2.45) is 0 Å². The van der Waals surface area contributed by atoms with Gasteiger partial charge >= 0.3 is 0 Å². The molecule has 0 saturated heterocycles. The topological polar surface area (TPSA) is 12.0 Å².